The zero-order valence-corrected chi connectivity index (χ0v) is 14.2. The average Bonchev–Trinajstić information content (AvgIpc) is 2.56. The van der Waals surface area contributed by atoms with Crippen molar-refractivity contribution in [2.24, 2.45) is 5.73 Å². The molecular weight excluding hydrogens is 398 g/mol. The van der Waals surface area contributed by atoms with Gasteiger partial charge in [-0.15, -0.1) is 0 Å². The van der Waals surface area contributed by atoms with Crippen LogP contribution in [-0.2, 0) is 33.6 Å². The number of nitrogens with two attached hydrogens (primary N) is 1. The normalized spacial score (nSPS) is 40.1. The molecule has 1 saturated heterocycles. The molecule has 0 radical (unpaired) electrons. The fraction of sp³-hybridized carbons (Fsp3) is 0.750. The first-order valence-corrected chi connectivity index (χ1v) is 8.73. The number of carbonyl (C=O) groups excluding carboxylic acids is 1. The van der Waals surface area contributed by atoms with E-state index in [0.717, 1.165) is 0 Å². The molecule has 27 heavy (non-hydrogen) atoms. The van der Waals surface area contributed by atoms with Crippen molar-refractivity contribution in [2.75, 3.05) is 6.61 Å². The predicted octanol–water partition coefficient (Wildman–Crippen LogP) is -6.03. The summed E-state index contributed by atoms with van der Waals surface area (Å²) in [6.07, 6.45) is -11.6. The topological polar surface area (TPSA) is 241 Å². The highest BCUT2D eigenvalue weighted by molar-refractivity contribution is 7.80. The van der Waals surface area contributed by atoms with Gasteiger partial charge in [-0.1, -0.05) is 0 Å². The maximum absolute atomic E-state index is 10.9. The van der Waals surface area contributed by atoms with Gasteiger partial charge in [-0.2, -0.15) is 0 Å². The van der Waals surface area contributed by atoms with Gasteiger partial charge in [0.2, 0.25) is 16.7 Å². The van der Waals surface area contributed by atoms with E-state index in [1.807, 2.05) is 0 Å². The zero-order valence-electron chi connectivity index (χ0n) is 13.4. The molecule has 156 valence electrons. The maximum Gasteiger partial charge on any atom is 0.229 e. The summed E-state index contributed by atoms with van der Waals surface area (Å²) in [4.78, 5) is 10.9. The van der Waals surface area contributed by atoms with Crippen LogP contribution >= 0.6 is 0 Å². The smallest absolute Gasteiger partial charge is 0.229 e. The minimum absolute atomic E-state index is 0.647. The van der Waals surface area contributed by atoms with E-state index in [1.54, 1.807) is 0 Å². The molecule has 6 N–H and O–H groups in total. The molecular formula is C12H17NO13S-2. The Labute approximate surface area is 152 Å². The van der Waals surface area contributed by atoms with Crippen molar-refractivity contribution in [3.63, 3.8) is 0 Å². The van der Waals surface area contributed by atoms with Crippen LogP contribution in [0.5, 0.6) is 0 Å². The first-order chi connectivity index (χ1) is 12.4. The largest absolute Gasteiger partial charge is 0.726 e. The number of aliphatic hydroxyl groups excluding tert-OH is 4. The van der Waals surface area contributed by atoms with Crippen molar-refractivity contribution in [1.29, 1.82) is 0 Å². The highest BCUT2D eigenvalue weighted by atomic mass is 32.3. The first-order valence-electron chi connectivity index (χ1n) is 7.39. The molecule has 1 fully saturated rings. The Morgan fingerprint density at radius 3 is 2.44 bits per heavy atom. The first kappa shape index (κ1) is 21.9. The second-order valence-corrected chi connectivity index (χ2v) is 6.76. The molecule has 14 nitrogen and oxygen atoms in total. The van der Waals surface area contributed by atoms with Crippen molar-refractivity contribution < 1.29 is 61.7 Å². The van der Waals surface area contributed by atoms with Gasteiger partial charge >= 0.3 is 0 Å². The van der Waals surface area contributed by atoms with Gasteiger partial charge in [0.05, 0.1) is 12.6 Å². The Kier molecular flexibility index (Phi) is 6.74. The van der Waals surface area contributed by atoms with Gasteiger partial charge in [0, 0.05) is 0 Å². The standard InChI is InChI=1S/C12H19NO13S/c13-6-8(16)9(5(24-11(6)19)2-23-27(20,21)22)26-12-7(15)3(14)1-4(25-12)10(17)18/h1,3,5-9,11-12,14-16,19H,2,13H2,(H,17,18)(H,20,21,22)/p-2. The van der Waals surface area contributed by atoms with Gasteiger partial charge in [0.1, 0.15) is 42.2 Å². The van der Waals surface area contributed by atoms with Gasteiger partial charge in [0.25, 0.3) is 0 Å². The molecule has 2 heterocycles. The fourth-order valence-electron chi connectivity index (χ4n) is 2.44. The maximum atomic E-state index is 10.9. The summed E-state index contributed by atoms with van der Waals surface area (Å²) in [7, 11) is -5.16. The second-order valence-electron chi connectivity index (χ2n) is 5.71. The molecule has 0 bridgehead atoms. The summed E-state index contributed by atoms with van der Waals surface area (Å²) >= 11 is 0. The molecule has 2 rings (SSSR count). The van der Waals surface area contributed by atoms with Crippen molar-refractivity contribution in [1.82, 2.24) is 0 Å². The molecule has 0 amide bonds. The molecule has 0 aromatic rings. The number of aliphatic hydroxyl groups is 4. The van der Waals surface area contributed by atoms with Crippen LogP contribution < -0.4 is 10.8 Å². The van der Waals surface area contributed by atoms with Crippen LogP contribution in [0, 0.1) is 0 Å². The van der Waals surface area contributed by atoms with Crippen molar-refractivity contribution >= 4 is 16.4 Å². The Bertz CT molecular complexity index is 681. The molecule has 15 heteroatoms. The zero-order chi connectivity index (χ0) is 20.5. The number of hydrogen-bond acceptors (Lipinski definition) is 14. The molecule has 2 aliphatic heterocycles. The van der Waals surface area contributed by atoms with Crippen LogP contribution in [0.15, 0.2) is 11.8 Å². The monoisotopic (exact) mass is 415 g/mol. The Morgan fingerprint density at radius 1 is 1.26 bits per heavy atom. The molecule has 0 saturated carbocycles. The molecule has 8 atom stereocenters. The molecule has 0 aliphatic carbocycles. The van der Waals surface area contributed by atoms with Crippen LogP contribution in [0.2, 0.25) is 0 Å². The van der Waals surface area contributed by atoms with Crippen LogP contribution in [-0.4, -0.2) is 95.1 Å². The molecule has 0 aromatic heterocycles. The SMILES string of the molecule is NC1C(O)OC(COS(=O)(=O)[O-])C(OC2OC(C(=O)[O-])=CC(O)C2O)C1O. The highest BCUT2D eigenvalue weighted by Gasteiger charge is 2.47. The van der Waals surface area contributed by atoms with Gasteiger partial charge in [-0.25, -0.2) is 8.42 Å². The molecule has 2 aliphatic rings. The number of rotatable bonds is 6. The van der Waals surface area contributed by atoms with Crippen LogP contribution in [0.3, 0.4) is 0 Å². The molecule has 8 unspecified atom stereocenters. The second kappa shape index (κ2) is 8.31. The Hall–Kier alpha value is -1.40. The Morgan fingerprint density at radius 2 is 1.89 bits per heavy atom. The van der Waals surface area contributed by atoms with E-state index in [0.29, 0.717) is 6.08 Å². The number of aliphatic carboxylic acids is 1. The van der Waals surface area contributed by atoms with Gasteiger partial charge in [-0.3, -0.25) is 4.18 Å². The third-order valence-corrected chi connectivity index (χ3v) is 4.23. The third kappa shape index (κ3) is 5.32. The van der Waals surface area contributed by atoms with E-state index in [2.05, 4.69) is 4.18 Å². The van der Waals surface area contributed by atoms with Gasteiger partial charge in [-0.05, 0) is 6.08 Å². The Balaban J connectivity index is 2.20. The highest BCUT2D eigenvalue weighted by Crippen LogP contribution is 2.27. The summed E-state index contributed by atoms with van der Waals surface area (Å²) < 4.78 is 50.8. The van der Waals surface area contributed by atoms with Gasteiger partial charge < -0.3 is 54.8 Å². The van der Waals surface area contributed by atoms with Crippen molar-refractivity contribution in [2.45, 2.75) is 49.1 Å². The van der Waals surface area contributed by atoms with E-state index in [4.69, 9.17) is 19.9 Å². The quantitative estimate of drug-likeness (QED) is 0.200. The summed E-state index contributed by atoms with van der Waals surface area (Å²) in [6, 6.07) is -1.46. The minimum Gasteiger partial charge on any atom is -0.726 e. The van der Waals surface area contributed by atoms with Crippen molar-refractivity contribution in [3.8, 4) is 0 Å². The number of carbonyl (C=O) groups is 1. The number of carboxylic acids is 1. The lowest BCUT2D eigenvalue weighted by atomic mass is 9.97. The van der Waals surface area contributed by atoms with Gasteiger partial charge in [0.15, 0.2) is 6.29 Å². The van der Waals surface area contributed by atoms with E-state index in [9.17, 15) is 43.3 Å². The van der Waals surface area contributed by atoms with Crippen LogP contribution in [0.4, 0.5) is 0 Å². The predicted molar refractivity (Wildman–Crippen MR) is 75.4 cm³/mol. The summed E-state index contributed by atoms with van der Waals surface area (Å²) in [5.74, 6) is -2.71. The minimum atomic E-state index is -5.16. The third-order valence-electron chi connectivity index (χ3n) is 3.80. The summed E-state index contributed by atoms with van der Waals surface area (Å²) in [5.41, 5.74) is 5.50. The number of ether oxygens (including phenoxy) is 3. The average molecular weight is 415 g/mol. The molecule has 0 aromatic carbocycles. The van der Waals surface area contributed by atoms with Crippen molar-refractivity contribution in [3.05, 3.63) is 11.8 Å². The van der Waals surface area contributed by atoms with E-state index in [1.165, 1.54) is 0 Å². The summed E-state index contributed by atoms with van der Waals surface area (Å²) in [6.45, 7) is -1.01. The lowest BCUT2D eigenvalue weighted by molar-refractivity contribution is -0.321. The lowest BCUT2D eigenvalue weighted by Crippen LogP contribution is -2.64. The lowest BCUT2D eigenvalue weighted by Gasteiger charge is -2.43. The van der Waals surface area contributed by atoms with E-state index < -0.39 is 77.9 Å². The van der Waals surface area contributed by atoms with E-state index >= 15 is 0 Å². The molecule has 0 spiro atoms. The van der Waals surface area contributed by atoms with Crippen LogP contribution in [0.1, 0.15) is 0 Å². The van der Waals surface area contributed by atoms with E-state index in [-0.39, 0.29) is 0 Å². The number of carboxylic acid groups (broad SMARTS) is 1. The number of hydrogen-bond donors (Lipinski definition) is 5. The van der Waals surface area contributed by atoms with Crippen LogP contribution in [0.25, 0.3) is 0 Å². The fourth-order valence-corrected chi connectivity index (χ4v) is 2.74. The summed E-state index contributed by atoms with van der Waals surface area (Å²) in [5, 5.41) is 50.2.